The Kier molecular flexibility index (Phi) is 6.92. The van der Waals surface area contributed by atoms with Crippen molar-refractivity contribution >= 4 is 11.9 Å². The quantitative estimate of drug-likeness (QED) is 0.714. The molecule has 27 heavy (non-hydrogen) atoms. The van der Waals surface area contributed by atoms with Crippen molar-refractivity contribution in [2.45, 2.75) is 40.5 Å². The molecule has 6 nitrogen and oxygen atoms in total. The van der Waals surface area contributed by atoms with Gasteiger partial charge in [0.2, 0.25) is 5.91 Å². The first kappa shape index (κ1) is 20.4. The van der Waals surface area contributed by atoms with E-state index in [0.717, 1.165) is 11.3 Å². The standard InChI is InChI=1S/C19H22F2N2O4/c1-4-26-18(25)16-9-12(2)23(13(16)3)11-17(24)22-10-14-5-7-15(8-6-14)27-19(20)21/h5-9,19H,4,10-11H2,1-3H3,(H,22,24). The number of hydrogen-bond acceptors (Lipinski definition) is 4. The summed E-state index contributed by atoms with van der Waals surface area (Å²) in [5.41, 5.74) is 2.63. The van der Waals surface area contributed by atoms with Gasteiger partial charge >= 0.3 is 12.6 Å². The van der Waals surface area contributed by atoms with Gasteiger partial charge in [-0.25, -0.2) is 4.79 Å². The van der Waals surface area contributed by atoms with Crippen molar-refractivity contribution < 1.29 is 27.8 Å². The first-order valence-electron chi connectivity index (χ1n) is 8.46. The van der Waals surface area contributed by atoms with Gasteiger partial charge in [0, 0.05) is 17.9 Å². The molecule has 2 aromatic rings. The fourth-order valence-electron chi connectivity index (χ4n) is 2.65. The molecule has 1 heterocycles. The van der Waals surface area contributed by atoms with E-state index in [1.807, 2.05) is 6.92 Å². The van der Waals surface area contributed by atoms with Crippen molar-refractivity contribution in [2.24, 2.45) is 0 Å². The third kappa shape index (κ3) is 5.54. The van der Waals surface area contributed by atoms with Crippen molar-refractivity contribution in [1.82, 2.24) is 9.88 Å². The molecule has 1 amide bonds. The van der Waals surface area contributed by atoms with Crippen LogP contribution in [0.5, 0.6) is 5.75 Å². The number of nitrogens with zero attached hydrogens (tertiary/aromatic N) is 1. The lowest BCUT2D eigenvalue weighted by Crippen LogP contribution is -2.28. The summed E-state index contributed by atoms with van der Waals surface area (Å²) in [6.45, 7) is 3.02. The molecule has 1 aromatic heterocycles. The van der Waals surface area contributed by atoms with Gasteiger partial charge in [-0.3, -0.25) is 4.79 Å². The average molecular weight is 380 g/mol. The molecule has 0 saturated carbocycles. The number of aromatic nitrogens is 1. The zero-order chi connectivity index (χ0) is 20.0. The van der Waals surface area contributed by atoms with Crippen LogP contribution in [0.3, 0.4) is 0 Å². The van der Waals surface area contributed by atoms with E-state index in [9.17, 15) is 18.4 Å². The predicted molar refractivity (Wildman–Crippen MR) is 94.8 cm³/mol. The van der Waals surface area contributed by atoms with Crippen LogP contribution in [-0.4, -0.2) is 29.7 Å². The summed E-state index contributed by atoms with van der Waals surface area (Å²) in [5.74, 6) is -0.589. The SMILES string of the molecule is CCOC(=O)c1cc(C)n(CC(=O)NCc2ccc(OC(F)F)cc2)c1C. The van der Waals surface area contributed by atoms with Crippen LogP contribution < -0.4 is 10.1 Å². The van der Waals surface area contributed by atoms with Crippen molar-refractivity contribution in [2.75, 3.05) is 6.61 Å². The number of carbonyl (C=O) groups excluding carboxylic acids is 2. The van der Waals surface area contributed by atoms with Crippen molar-refractivity contribution in [3.8, 4) is 5.75 Å². The van der Waals surface area contributed by atoms with Gasteiger partial charge in [0.05, 0.1) is 12.2 Å². The fourth-order valence-corrected chi connectivity index (χ4v) is 2.65. The van der Waals surface area contributed by atoms with Gasteiger partial charge in [-0.15, -0.1) is 0 Å². The second kappa shape index (κ2) is 9.16. The Morgan fingerprint density at radius 2 is 1.85 bits per heavy atom. The van der Waals surface area contributed by atoms with Gasteiger partial charge in [-0.05, 0) is 44.5 Å². The third-order valence-corrected chi connectivity index (χ3v) is 4.01. The largest absolute Gasteiger partial charge is 0.462 e. The van der Waals surface area contributed by atoms with E-state index in [2.05, 4.69) is 10.1 Å². The van der Waals surface area contributed by atoms with Crippen LogP contribution in [0, 0.1) is 13.8 Å². The van der Waals surface area contributed by atoms with Crippen LogP contribution in [0.25, 0.3) is 0 Å². The highest BCUT2D eigenvalue weighted by Crippen LogP contribution is 2.17. The maximum Gasteiger partial charge on any atom is 0.387 e. The van der Waals surface area contributed by atoms with Crippen LogP contribution in [0.2, 0.25) is 0 Å². The molecule has 146 valence electrons. The lowest BCUT2D eigenvalue weighted by molar-refractivity contribution is -0.121. The number of hydrogen-bond donors (Lipinski definition) is 1. The van der Waals surface area contributed by atoms with Gasteiger partial charge in [0.15, 0.2) is 0 Å². The molecular weight excluding hydrogens is 358 g/mol. The molecule has 0 aliphatic heterocycles. The number of carbonyl (C=O) groups is 2. The Morgan fingerprint density at radius 1 is 1.19 bits per heavy atom. The Bertz CT molecular complexity index is 801. The molecule has 0 unspecified atom stereocenters. The summed E-state index contributed by atoms with van der Waals surface area (Å²) >= 11 is 0. The highest BCUT2D eigenvalue weighted by Gasteiger charge is 2.18. The summed E-state index contributed by atoms with van der Waals surface area (Å²) in [6, 6.07) is 7.73. The van der Waals surface area contributed by atoms with Gasteiger partial charge in [-0.1, -0.05) is 12.1 Å². The third-order valence-electron chi connectivity index (χ3n) is 4.01. The van der Waals surface area contributed by atoms with E-state index in [4.69, 9.17) is 4.74 Å². The fraction of sp³-hybridized carbons (Fsp3) is 0.368. The highest BCUT2D eigenvalue weighted by molar-refractivity contribution is 5.91. The molecule has 1 N–H and O–H groups in total. The number of halogens is 2. The summed E-state index contributed by atoms with van der Waals surface area (Å²) in [7, 11) is 0. The number of aryl methyl sites for hydroxylation is 1. The highest BCUT2D eigenvalue weighted by atomic mass is 19.3. The van der Waals surface area contributed by atoms with Crippen molar-refractivity contribution in [3.05, 3.63) is 52.8 Å². The summed E-state index contributed by atoms with van der Waals surface area (Å²) in [5, 5.41) is 2.76. The molecule has 0 aliphatic rings. The van der Waals surface area contributed by atoms with Crippen LogP contribution in [0.4, 0.5) is 8.78 Å². The normalized spacial score (nSPS) is 10.7. The summed E-state index contributed by atoms with van der Waals surface area (Å²) < 4.78 is 35.3. The first-order chi connectivity index (χ1) is 12.8. The molecule has 0 radical (unpaired) electrons. The maximum atomic E-state index is 12.2. The number of nitrogens with one attached hydrogen (secondary N) is 1. The number of alkyl halides is 2. The molecule has 0 aliphatic carbocycles. The number of amides is 1. The summed E-state index contributed by atoms with van der Waals surface area (Å²) in [4.78, 5) is 24.2. The van der Waals surface area contributed by atoms with Gasteiger partial charge in [0.1, 0.15) is 12.3 Å². The molecule has 1 aromatic carbocycles. The molecule has 0 fully saturated rings. The van der Waals surface area contributed by atoms with Gasteiger partial charge in [-0.2, -0.15) is 8.78 Å². The number of rotatable bonds is 8. The van der Waals surface area contributed by atoms with Crippen molar-refractivity contribution in [3.63, 3.8) is 0 Å². The molecule has 0 atom stereocenters. The Balaban J connectivity index is 1.95. The molecule has 2 rings (SSSR count). The van der Waals surface area contributed by atoms with E-state index < -0.39 is 12.6 Å². The zero-order valence-corrected chi connectivity index (χ0v) is 15.4. The second-order valence-corrected chi connectivity index (χ2v) is 5.89. The lowest BCUT2D eigenvalue weighted by Gasteiger charge is -2.11. The minimum absolute atomic E-state index is 0.0592. The van der Waals surface area contributed by atoms with E-state index in [1.54, 1.807) is 36.6 Å². The second-order valence-electron chi connectivity index (χ2n) is 5.89. The van der Waals surface area contributed by atoms with Crippen LogP contribution in [0.1, 0.15) is 34.2 Å². The Morgan fingerprint density at radius 3 is 2.44 bits per heavy atom. The maximum absolute atomic E-state index is 12.2. The van der Waals surface area contributed by atoms with Crippen molar-refractivity contribution in [1.29, 1.82) is 0 Å². The minimum atomic E-state index is -2.87. The smallest absolute Gasteiger partial charge is 0.387 e. The van der Waals surface area contributed by atoms with Gasteiger partial charge < -0.3 is 19.4 Å². The Hall–Kier alpha value is -2.90. The topological polar surface area (TPSA) is 69.6 Å². The zero-order valence-electron chi connectivity index (χ0n) is 15.4. The van der Waals surface area contributed by atoms with Gasteiger partial charge in [0.25, 0.3) is 0 Å². The monoisotopic (exact) mass is 380 g/mol. The van der Waals surface area contributed by atoms with Crippen LogP contribution in [-0.2, 0) is 22.6 Å². The minimum Gasteiger partial charge on any atom is -0.462 e. The Labute approximate surface area is 156 Å². The van der Waals surface area contributed by atoms with Crippen LogP contribution >= 0.6 is 0 Å². The van der Waals surface area contributed by atoms with E-state index in [0.29, 0.717) is 11.3 Å². The van der Waals surface area contributed by atoms with E-state index >= 15 is 0 Å². The number of ether oxygens (including phenoxy) is 2. The summed E-state index contributed by atoms with van der Waals surface area (Å²) in [6.07, 6.45) is 0. The molecule has 8 heteroatoms. The first-order valence-corrected chi connectivity index (χ1v) is 8.46. The molecule has 0 spiro atoms. The van der Waals surface area contributed by atoms with E-state index in [1.165, 1.54) is 12.1 Å². The molecule has 0 saturated heterocycles. The molecular formula is C19H22F2N2O4. The van der Waals surface area contributed by atoms with E-state index in [-0.39, 0.29) is 31.4 Å². The lowest BCUT2D eigenvalue weighted by atomic mass is 10.2. The average Bonchev–Trinajstić information content (AvgIpc) is 2.89. The number of benzene rings is 1. The van der Waals surface area contributed by atoms with Crippen LogP contribution in [0.15, 0.2) is 30.3 Å². The number of esters is 1. The molecule has 0 bridgehead atoms. The predicted octanol–water partition coefficient (Wildman–Crippen LogP) is 3.20.